The zero-order valence-corrected chi connectivity index (χ0v) is 38.3. The van der Waals surface area contributed by atoms with Crippen LogP contribution in [0.15, 0.2) is 91.3 Å². The van der Waals surface area contributed by atoms with E-state index in [2.05, 4.69) is 159 Å². The topological polar surface area (TPSA) is 60.8 Å². The third kappa shape index (κ3) is 16.0. The lowest BCUT2D eigenvalue weighted by molar-refractivity contribution is -0.141. The molecule has 0 radical (unpaired) electrons. The van der Waals surface area contributed by atoms with Crippen LogP contribution in [0, 0.1) is 13.8 Å². The summed E-state index contributed by atoms with van der Waals surface area (Å²) >= 11 is 0. The summed E-state index contributed by atoms with van der Waals surface area (Å²) in [5.41, 5.74) is 8.01. The standard InChI is InChI=1S/C17H21NO.C12H19N.C11H17N.C10H12F3N/c1-12-8-6-10-15(13(12)2)19-16-14(17(3,4)5)9-7-11-18-16;1-9(2)11-7-6-10(8-13-11)12(3,4)5;1-5-9-7-6-8-10(12-9)11(2,3)4;1-9(2,3)7-5-4-6-8(14-7)10(11,12)13/h6-11H,1-5H3;6-9H,1-5H3;6-8H,5H2,1-4H3;4-6H,1-3H3. The molecule has 0 atom stereocenters. The Morgan fingerprint density at radius 3 is 1.62 bits per heavy atom. The van der Waals surface area contributed by atoms with Crippen molar-refractivity contribution in [2.24, 2.45) is 0 Å². The number of aryl methyl sites for hydroxylation is 2. The van der Waals surface area contributed by atoms with Crippen molar-refractivity contribution >= 4 is 0 Å². The molecule has 58 heavy (non-hydrogen) atoms. The van der Waals surface area contributed by atoms with E-state index in [4.69, 9.17) is 4.74 Å². The van der Waals surface area contributed by atoms with Crippen molar-refractivity contribution in [3.05, 3.63) is 142 Å². The van der Waals surface area contributed by atoms with E-state index in [-0.39, 0.29) is 21.7 Å². The van der Waals surface area contributed by atoms with E-state index in [1.54, 1.807) is 12.3 Å². The van der Waals surface area contributed by atoms with Crippen LogP contribution in [0.25, 0.3) is 0 Å². The Bertz CT molecular complexity index is 1980. The van der Waals surface area contributed by atoms with E-state index in [0.717, 1.165) is 29.4 Å². The minimum Gasteiger partial charge on any atom is -0.438 e. The summed E-state index contributed by atoms with van der Waals surface area (Å²) in [5.74, 6) is 2.10. The quantitative estimate of drug-likeness (QED) is 0.181. The van der Waals surface area contributed by atoms with Crippen LogP contribution in [0.5, 0.6) is 11.6 Å². The Hall–Kier alpha value is -4.59. The maximum atomic E-state index is 12.3. The second-order valence-electron chi connectivity index (χ2n) is 19.1. The number of alkyl halides is 3. The van der Waals surface area contributed by atoms with Crippen LogP contribution in [0.3, 0.4) is 0 Å². The number of pyridine rings is 4. The van der Waals surface area contributed by atoms with Gasteiger partial charge in [0.1, 0.15) is 11.4 Å². The van der Waals surface area contributed by atoms with E-state index >= 15 is 0 Å². The van der Waals surface area contributed by atoms with E-state index in [9.17, 15) is 13.2 Å². The van der Waals surface area contributed by atoms with Crippen LogP contribution < -0.4 is 4.74 Å². The first-order valence-corrected chi connectivity index (χ1v) is 20.2. The molecule has 8 heteroatoms. The van der Waals surface area contributed by atoms with Gasteiger partial charge in [-0.15, -0.1) is 0 Å². The summed E-state index contributed by atoms with van der Waals surface area (Å²) < 4.78 is 42.9. The lowest BCUT2D eigenvalue weighted by Gasteiger charge is -2.22. The number of aromatic nitrogens is 4. The van der Waals surface area contributed by atoms with Gasteiger partial charge < -0.3 is 4.74 Å². The molecule has 316 valence electrons. The maximum Gasteiger partial charge on any atom is 0.433 e. The van der Waals surface area contributed by atoms with Crippen molar-refractivity contribution in [3.63, 3.8) is 0 Å². The van der Waals surface area contributed by atoms with Gasteiger partial charge >= 0.3 is 6.18 Å². The first-order chi connectivity index (χ1) is 26.5. The minimum atomic E-state index is -4.36. The monoisotopic (exact) mass is 799 g/mol. The molecule has 1 aromatic carbocycles. The van der Waals surface area contributed by atoms with Gasteiger partial charge in [0.05, 0.1) is 0 Å². The number of rotatable bonds is 4. The van der Waals surface area contributed by atoms with Crippen LogP contribution in [-0.2, 0) is 34.3 Å². The SMILES string of the molecule is CC(C)(C)c1cccc(C(F)(F)F)n1.CC(C)c1ccc(C(C)(C)C)cn1.CCc1cccc(C(C)(C)C)n1.Cc1cccc(Oc2ncccc2C(C)(C)C)c1C. The molecule has 0 aliphatic carbocycles. The van der Waals surface area contributed by atoms with Crippen molar-refractivity contribution in [2.45, 2.75) is 158 Å². The van der Waals surface area contributed by atoms with E-state index in [1.807, 2.05) is 45.2 Å². The average Bonchev–Trinajstić information content (AvgIpc) is 3.13. The van der Waals surface area contributed by atoms with Crippen LogP contribution in [-0.4, -0.2) is 19.9 Å². The van der Waals surface area contributed by atoms with Crippen LogP contribution in [0.4, 0.5) is 13.2 Å². The lowest BCUT2D eigenvalue weighted by Crippen LogP contribution is -2.17. The van der Waals surface area contributed by atoms with Gasteiger partial charge in [0.2, 0.25) is 5.88 Å². The van der Waals surface area contributed by atoms with Gasteiger partial charge in [-0.2, -0.15) is 13.2 Å². The summed E-state index contributed by atoms with van der Waals surface area (Å²) in [4.78, 5) is 17.0. The molecule has 0 N–H and O–H groups in total. The Kier molecular flexibility index (Phi) is 17.4. The molecular formula is C50H69F3N4O. The summed E-state index contributed by atoms with van der Waals surface area (Å²) in [5, 5.41) is 0. The highest BCUT2D eigenvalue weighted by Crippen LogP contribution is 2.34. The van der Waals surface area contributed by atoms with Crippen molar-refractivity contribution in [3.8, 4) is 11.6 Å². The molecule has 0 aliphatic heterocycles. The van der Waals surface area contributed by atoms with Crippen molar-refractivity contribution in [2.75, 3.05) is 0 Å². The van der Waals surface area contributed by atoms with Gasteiger partial charge in [-0.1, -0.05) is 140 Å². The van der Waals surface area contributed by atoms with Gasteiger partial charge in [-0.3, -0.25) is 9.97 Å². The molecule has 0 unspecified atom stereocenters. The Balaban J connectivity index is 0.000000272. The molecule has 5 aromatic rings. The summed E-state index contributed by atoms with van der Waals surface area (Å²) in [6.45, 7) is 35.8. The molecule has 0 saturated carbocycles. The van der Waals surface area contributed by atoms with E-state index in [0.29, 0.717) is 17.5 Å². The van der Waals surface area contributed by atoms with Crippen LogP contribution >= 0.6 is 0 Å². The molecule has 0 aliphatic rings. The molecule has 0 amide bonds. The van der Waals surface area contributed by atoms with Gasteiger partial charge in [0.25, 0.3) is 0 Å². The number of benzene rings is 1. The number of hydrogen-bond donors (Lipinski definition) is 0. The van der Waals surface area contributed by atoms with Gasteiger partial charge in [0.15, 0.2) is 0 Å². The Morgan fingerprint density at radius 1 is 0.586 bits per heavy atom. The van der Waals surface area contributed by atoms with E-state index in [1.165, 1.54) is 34.3 Å². The fourth-order valence-corrected chi connectivity index (χ4v) is 5.28. The molecule has 0 saturated heterocycles. The predicted octanol–water partition coefficient (Wildman–Crippen LogP) is 14.6. The Labute approximate surface area is 348 Å². The number of hydrogen-bond acceptors (Lipinski definition) is 5. The molecule has 4 heterocycles. The molecule has 5 rings (SSSR count). The average molecular weight is 799 g/mol. The van der Waals surface area contributed by atoms with Crippen molar-refractivity contribution in [1.29, 1.82) is 0 Å². The molecule has 0 fully saturated rings. The number of halogens is 3. The predicted molar refractivity (Wildman–Crippen MR) is 236 cm³/mol. The number of nitrogens with zero attached hydrogens (tertiary/aromatic N) is 4. The molecule has 0 bridgehead atoms. The highest BCUT2D eigenvalue weighted by Gasteiger charge is 2.33. The van der Waals surface area contributed by atoms with Gasteiger partial charge in [0, 0.05) is 51.6 Å². The molecular weight excluding hydrogens is 730 g/mol. The summed E-state index contributed by atoms with van der Waals surface area (Å²) in [6, 6.07) is 24.7. The van der Waals surface area contributed by atoms with Crippen LogP contribution in [0.1, 0.15) is 160 Å². The van der Waals surface area contributed by atoms with Gasteiger partial charge in [-0.05, 0) is 96.2 Å². The smallest absolute Gasteiger partial charge is 0.433 e. The summed E-state index contributed by atoms with van der Waals surface area (Å²) in [7, 11) is 0. The molecule has 4 aromatic heterocycles. The second-order valence-corrected chi connectivity index (χ2v) is 19.1. The zero-order valence-electron chi connectivity index (χ0n) is 38.3. The summed E-state index contributed by atoms with van der Waals surface area (Å²) in [6.07, 6.45) is 0.427. The zero-order chi connectivity index (χ0) is 44.3. The second kappa shape index (κ2) is 20.4. The van der Waals surface area contributed by atoms with Crippen molar-refractivity contribution < 1.29 is 17.9 Å². The van der Waals surface area contributed by atoms with Crippen molar-refractivity contribution in [1.82, 2.24) is 19.9 Å². The van der Waals surface area contributed by atoms with Crippen LogP contribution in [0.2, 0.25) is 0 Å². The fraction of sp³-hybridized carbons (Fsp3) is 0.480. The number of ether oxygens (including phenoxy) is 1. The fourth-order valence-electron chi connectivity index (χ4n) is 5.28. The highest BCUT2D eigenvalue weighted by molar-refractivity contribution is 5.42. The first kappa shape index (κ1) is 49.6. The maximum absolute atomic E-state index is 12.3. The van der Waals surface area contributed by atoms with Gasteiger partial charge in [-0.25, -0.2) is 9.97 Å². The third-order valence-corrected chi connectivity index (χ3v) is 9.33. The molecule has 0 spiro atoms. The third-order valence-electron chi connectivity index (χ3n) is 9.33. The molecule has 5 nitrogen and oxygen atoms in total. The minimum absolute atomic E-state index is 0.0152. The largest absolute Gasteiger partial charge is 0.438 e. The normalized spacial score (nSPS) is 12.0. The highest BCUT2D eigenvalue weighted by atomic mass is 19.4. The lowest BCUT2D eigenvalue weighted by atomic mass is 9.88. The first-order valence-electron chi connectivity index (χ1n) is 20.2. The Morgan fingerprint density at radius 2 is 1.14 bits per heavy atom. The van der Waals surface area contributed by atoms with E-state index < -0.39 is 11.9 Å².